The molecule has 6 heteroatoms. The van der Waals surface area contributed by atoms with Gasteiger partial charge in [0.1, 0.15) is 10.8 Å². The molecule has 1 unspecified atom stereocenters. The summed E-state index contributed by atoms with van der Waals surface area (Å²) in [6, 6.07) is 3.78. The smallest absolute Gasteiger partial charge is 0.174 e. The van der Waals surface area contributed by atoms with Crippen molar-refractivity contribution in [2.75, 3.05) is 20.1 Å². The average molecular weight is 354 g/mol. The van der Waals surface area contributed by atoms with Gasteiger partial charge in [-0.1, -0.05) is 6.07 Å². The highest BCUT2D eigenvalue weighted by Crippen LogP contribution is 2.35. The first-order valence-corrected chi connectivity index (χ1v) is 9.45. The maximum Gasteiger partial charge on any atom is 0.174 e. The van der Waals surface area contributed by atoms with E-state index in [-0.39, 0.29) is 5.75 Å². The zero-order chi connectivity index (χ0) is 17.6. The number of nitrogens with zero attached hydrogens (tertiary/aromatic N) is 4. The van der Waals surface area contributed by atoms with E-state index >= 15 is 0 Å². The molecule has 0 saturated carbocycles. The Balaban J connectivity index is 1.74. The molecule has 1 aliphatic rings. The Kier molecular flexibility index (Phi) is 4.17. The van der Waals surface area contributed by atoms with Crippen molar-refractivity contribution >= 4 is 21.7 Å². The number of piperidine rings is 1. The molecule has 0 aliphatic carbocycles. The van der Waals surface area contributed by atoms with Gasteiger partial charge < -0.3 is 10.0 Å². The summed E-state index contributed by atoms with van der Waals surface area (Å²) in [5.41, 5.74) is 3.43. The summed E-state index contributed by atoms with van der Waals surface area (Å²) < 4.78 is 1.01. The fourth-order valence-corrected chi connectivity index (χ4v) is 4.66. The quantitative estimate of drug-likeness (QED) is 0.756. The number of benzene rings is 1. The summed E-state index contributed by atoms with van der Waals surface area (Å²) >= 11 is 1.70. The first-order chi connectivity index (χ1) is 12.0. The van der Waals surface area contributed by atoms with Crippen LogP contribution in [0.2, 0.25) is 0 Å². The third-order valence-corrected chi connectivity index (χ3v) is 5.96. The zero-order valence-corrected chi connectivity index (χ0v) is 15.6. The van der Waals surface area contributed by atoms with E-state index in [0.717, 1.165) is 39.6 Å². The number of aromatic hydroxyl groups is 1. The Labute approximate surface area is 151 Å². The molecule has 0 bridgehead atoms. The Morgan fingerprint density at radius 3 is 2.84 bits per heavy atom. The van der Waals surface area contributed by atoms with Gasteiger partial charge in [0.2, 0.25) is 0 Å². The third-order valence-electron chi connectivity index (χ3n) is 4.82. The maximum absolute atomic E-state index is 10.3. The number of hydrogen-bond acceptors (Lipinski definition) is 6. The van der Waals surface area contributed by atoms with E-state index in [2.05, 4.69) is 21.9 Å². The monoisotopic (exact) mass is 354 g/mol. The molecule has 3 heterocycles. The van der Waals surface area contributed by atoms with Crippen molar-refractivity contribution in [2.45, 2.75) is 32.6 Å². The second-order valence-corrected chi connectivity index (χ2v) is 8.07. The molecule has 1 saturated heterocycles. The van der Waals surface area contributed by atoms with Crippen molar-refractivity contribution in [3.8, 4) is 17.1 Å². The molecule has 4 rings (SSSR count). The van der Waals surface area contributed by atoms with E-state index in [4.69, 9.17) is 4.98 Å². The topological polar surface area (TPSA) is 62.1 Å². The molecular formula is C19H22N4OS. The van der Waals surface area contributed by atoms with Crippen molar-refractivity contribution in [2.24, 2.45) is 0 Å². The molecule has 130 valence electrons. The molecule has 1 atom stereocenters. The normalized spacial score (nSPS) is 18.8. The summed E-state index contributed by atoms with van der Waals surface area (Å²) in [5, 5.41) is 11.5. The first kappa shape index (κ1) is 16.4. The number of aryl methyl sites for hydroxylation is 2. The minimum absolute atomic E-state index is 0.223. The highest BCUT2D eigenvalue weighted by molar-refractivity contribution is 7.18. The Hall–Kier alpha value is -2.05. The minimum Gasteiger partial charge on any atom is -0.507 e. The number of thiazole rings is 1. The number of phenolic OH excluding ortho intramolecular Hbond substituents is 1. The minimum atomic E-state index is 0.223. The van der Waals surface area contributed by atoms with Gasteiger partial charge in [0.15, 0.2) is 11.5 Å². The molecule has 1 N–H and O–H groups in total. The fraction of sp³-hybridized carbons (Fsp3) is 0.421. The van der Waals surface area contributed by atoms with E-state index in [1.54, 1.807) is 17.4 Å². The standard InChI is InChI=1S/C19H22N4OS/c1-11-7-12(2)16(14(24)8-11)18-20-9-15-17(21-18)22-19(25-15)13-5-4-6-23(3)10-13/h7-9,13,24H,4-6,10H2,1-3H3. The van der Waals surface area contributed by atoms with Crippen LogP contribution in [0.5, 0.6) is 5.75 Å². The van der Waals surface area contributed by atoms with Gasteiger partial charge in [0, 0.05) is 12.5 Å². The van der Waals surface area contributed by atoms with Crippen molar-refractivity contribution in [1.29, 1.82) is 0 Å². The zero-order valence-electron chi connectivity index (χ0n) is 14.8. The highest BCUT2D eigenvalue weighted by atomic mass is 32.1. The molecule has 0 radical (unpaired) electrons. The van der Waals surface area contributed by atoms with Crippen molar-refractivity contribution in [3.05, 3.63) is 34.5 Å². The SMILES string of the molecule is Cc1cc(C)c(-c2ncc3sc(C4CCCN(C)C4)nc3n2)c(O)c1. The van der Waals surface area contributed by atoms with Crippen LogP contribution in [-0.4, -0.2) is 45.1 Å². The van der Waals surface area contributed by atoms with Crippen LogP contribution in [0.4, 0.5) is 0 Å². The second-order valence-electron chi connectivity index (χ2n) is 7.01. The van der Waals surface area contributed by atoms with Gasteiger partial charge in [0.25, 0.3) is 0 Å². The molecule has 25 heavy (non-hydrogen) atoms. The van der Waals surface area contributed by atoms with Gasteiger partial charge in [-0.3, -0.25) is 0 Å². The van der Waals surface area contributed by atoms with Crippen molar-refractivity contribution < 1.29 is 5.11 Å². The molecule has 1 aliphatic heterocycles. The number of fused-ring (bicyclic) bond motifs is 1. The van der Waals surface area contributed by atoms with Crippen LogP contribution in [0.3, 0.4) is 0 Å². The number of hydrogen-bond donors (Lipinski definition) is 1. The third kappa shape index (κ3) is 3.12. The number of phenols is 1. The molecule has 0 spiro atoms. The van der Waals surface area contributed by atoms with Crippen LogP contribution >= 0.6 is 11.3 Å². The van der Waals surface area contributed by atoms with Crippen LogP contribution in [0.15, 0.2) is 18.3 Å². The van der Waals surface area contributed by atoms with Gasteiger partial charge in [-0.15, -0.1) is 11.3 Å². The van der Waals surface area contributed by atoms with Crippen LogP contribution in [0, 0.1) is 13.8 Å². The lowest BCUT2D eigenvalue weighted by molar-refractivity contribution is 0.250. The van der Waals surface area contributed by atoms with Gasteiger partial charge >= 0.3 is 0 Å². The summed E-state index contributed by atoms with van der Waals surface area (Å²) in [5.74, 6) is 1.25. The molecule has 3 aromatic rings. The van der Waals surface area contributed by atoms with Gasteiger partial charge in [0.05, 0.1) is 16.5 Å². The molecule has 5 nitrogen and oxygen atoms in total. The lowest BCUT2D eigenvalue weighted by atomic mass is 9.99. The summed E-state index contributed by atoms with van der Waals surface area (Å²) in [4.78, 5) is 16.3. The Morgan fingerprint density at radius 2 is 2.08 bits per heavy atom. The maximum atomic E-state index is 10.3. The lowest BCUT2D eigenvalue weighted by Gasteiger charge is -2.28. The van der Waals surface area contributed by atoms with Crippen LogP contribution < -0.4 is 0 Å². The van der Waals surface area contributed by atoms with Crippen molar-refractivity contribution in [3.63, 3.8) is 0 Å². The molecule has 2 aromatic heterocycles. The van der Waals surface area contributed by atoms with Gasteiger partial charge in [-0.25, -0.2) is 15.0 Å². The predicted octanol–water partition coefficient (Wildman–Crippen LogP) is 3.88. The summed E-state index contributed by atoms with van der Waals surface area (Å²) in [6.45, 7) is 6.16. The number of likely N-dealkylation sites (N-methyl/N-ethyl adjacent to an activating group) is 1. The van der Waals surface area contributed by atoms with Crippen LogP contribution in [-0.2, 0) is 0 Å². The van der Waals surface area contributed by atoms with Crippen LogP contribution in [0.1, 0.15) is 34.9 Å². The molecule has 1 fully saturated rings. The molecule has 1 aromatic carbocycles. The van der Waals surface area contributed by atoms with E-state index in [1.165, 1.54) is 12.8 Å². The number of likely N-dealkylation sites (tertiary alicyclic amines) is 1. The Morgan fingerprint density at radius 1 is 1.24 bits per heavy atom. The largest absolute Gasteiger partial charge is 0.507 e. The molecule has 0 amide bonds. The van der Waals surface area contributed by atoms with Gasteiger partial charge in [-0.05, 0) is 57.5 Å². The van der Waals surface area contributed by atoms with E-state index in [1.807, 2.05) is 26.1 Å². The van der Waals surface area contributed by atoms with E-state index in [9.17, 15) is 5.11 Å². The van der Waals surface area contributed by atoms with Crippen molar-refractivity contribution in [1.82, 2.24) is 19.9 Å². The fourth-order valence-electron chi connectivity index (χ4n) is 3.65. The summed E-state index contributed by atoms with van der Waals surface area (Å²) in [6.07, 6.45) is 4.23. The predicted molar refractivity (Wildman–Crippen MR) is 101 cm³/mol. The number of aromatic nitrogens is 3. The second kappa shape index (κ2) is 6.35. The molecular weight excluding hydrogens is 332 g/mol. The van der Waals surface area contributed by atoms with E-state index < -0.39 is 0 Å². The highest BCUT2D eigenvalue weighted by Gasteiger charge is 2.23. The van der Waals surface area contributed by atoms with Gasteiger partial charge in [-0.2, -0.15) is 0 Å². The average Bonchev–Trinajstić information content (AvgIpc) is 2.97. The summed E-state index contributed by atoms with van der Waals surface area (Å²) in [7, 11) is 2.17. The lowest BCUT2D eigenvalue weighted by Crippen LogP contribution is -2.30. The van der Waals surface area contributed by atoms with Crippen LogP contribution in [0.25, 0.3) is 21.7 Å². The van der Waals surface area contributed by atoms with E-state index in [0.29, 0.717) is 17.3 Å². The number of rotatable bonds is 2. The Bertz CT molecular complexity index is 913. The first-order valence-electron chi connectivity index (χ1n) is 8.64.